The third-order valence-corrected chi connectivity index (χ3v) is 25.6. The normalized spacial score (nSPS) is 32.2. The Morgan fingerprint density at radius 2 is 0.786 bits per heavy atom. The fourth-order valence-electron chi connectivity index (χ4n) is 16.5. The van der Waals surface area contributed by atoms with E-state index in [1.54, 1.807) is 82.0 Å². The van der Waals surface area contributed by atoms with Crippen LogP contribution < -0.4 is 4.74 Å². The number of esters is 3. The maximum Gasteiger partial charge on any atom is 0.335 e. The van der Waals surface area contributed by atoms with Gasteiger partial charge in [0.15, 0.2) is 30.3 Å². The van der Waals surface area contributed by atoms with Crippen LogP contribution in [0.15, 0.2) is 185 Å². The number of ether oxygens (including phenoxy) is 14. The van der Waals surface area contributed by atoms with Crippen LogP contribution in [0.1, 0.15) is 83.9 Å². The number of carbonyl (C=O) groups excluding carboxylic acids is 4. The van der Waals surface area contributed by atoms with Crippen LogP contribution in [0.25, 0.3) is 10.9 Å². The van der Waals surface area contributed by atoms with Gasteiger partial charge in [0.2, 0.25) is 12.6 Å². The van der Waals surface area contributed by atoms with Gasteiger partial charge in [0.1, 0.15) is 123 Å². The van der Waals surface area contributed by atoms with Crippen molar-refractivity contribution in [3.8, 4) is 5.75 Å². The molecule has 1 aromatic heterocycles. The van der Waals surface area contributed by atoms with Crippen LogP contribution in [0.2, 0.25) is 0 Å². The van der Waals surface area contributed by atoms with Crippen LogP contribution in [0.4, 0.5) is 0 Å². The predicted molar refractivity (Wildman–Crippen MR) is 489 cm³/mol. The molecule has 0 amide bonds. The van der Waals surface area contributed by atoms with Crippen molar-refractivity contribution in [2.24, 2.45) is 23.7 Å². The van der Waals surface area contributed by atoms with Gasteiger partial charge in [-0.05, 0) is 112 Å². The van der Waals surface area contributed by atoms with Gasteiger partial charge < -0.3 is 173 Å². The molecule has 6 aliphatic heterocycles. The first-order valence-corrected chi connectivity index (χ1v) is 47.3. The van der Waals surface area contributed by atoms with Gasteiger partial charge in [-0.25, -0.2) is 19.2 Å². The Bertz CT molecular complexity index is 4940. The maximum atomic E-state index is 12.8. The SMILES string of the molecule is C/C=C1/[C@H](O[C@@H]2O[C@H](CO)[C@@H](O)[C@H](O)[C@H]2O)OC=C(C(=O)O)[C@H]1CC(=O)OCCOc1ccccc1.C/C=C1/[C@H](O[C@@H]2O[C@H](CO)[C@@H](O)[C@H](O)[C@H]2O)OC=C(C(=O)O)[C@H]1CC(=O)SCCc1ccccc1.C/C=C1\[C@H](CC(=O)OCCCSC)C(C(=O)O)=CC[C@H]1O[C@@H]1O[C@H](CO)[C@@H](O)[C@H](O)[C@H]1O.C/C=C1\[C@H](CC(=O)OCc2cc3ccccc3[nH]2)C(C(=O)O)=CC[C@H]1O[C@@H]1O[C@H](CO)[C@@H](O)[C@H](O)[C@H]1O. The number of aryl methyl sites for hydroxylation is 1. The number of aromatic nitrogens is 1. The molecule has 12 rings (SSSR count). The summed E-state index contributed by atoms with van der Waals surface area (Å²) in [5, 5.41) is 198. The van der Waals surface area contributed by atoms with Crippen LogP contribution >= 0.6 is 23.5 Å². The number of fused-ring (bicyclic) bond motifs is 1. The lowest BCUT2D eigenvalue weighted by atomic mass is 9.79. The standard InChI is InChI=1S/C26H31NO10.C24H30O12.C24H30O10S.C21H32O10S/c1-2-15-17(10-21(29)35-12-14-9-13-5-3-4-6-18(13)27-14)16(25(33)34)7-8-19(15)36-26-24(32)23(31)22(30)20(11-28)37-26;1-2-14-15(10-18(26)33-9-8-32-13-6-4-3-5-7-13)16(22(30)31)12-34-23(14)36-24-21(29)20(28)19(27)17(11-25)35-24;1-2-14-15(10-18(26)35-9-8-13-6-4-3-5-7-13)16(22(30)31)12-32-23(14)34-24-21(29)20(28)19(27)17(11-25)33-24;1-3-11-13(9-16(23)29-7-4-8-32-2)12(20(27)28)5-6-14(11)30-21-19(26)18(25)17(24)15(10-22)31-21/h2-7,9,17,19-20,22-24,26-28,30-32H,8,10-12H2,1H3,(H,33,34);2-7,12,15,17,19-21,23-25,27-29H,8-11H2,1H3,(H,30,31);2-7,12,15,17,19-21,23-25,27-29H,8-11H2,1H3,(H,30,31);3,5,13-15,17-19,21-22,24-26H,4,6-10H2,1-2H3,(H,27,28)/b15-2+;2*14-2+;11-3+/t17-,19+,20+,22+,23-,24+,26+;2*15-,17+,19+,20-,21+,23-,24-;13-,14+,15+,17+,18-,19+,21+/m0000/s1. The first-order chi connectivity index (χ1) is 67.0. The van der Waals surface area contributed by atoms with Crippen molar-refractivity contribution in [1.29, 1.82) is 0 Å². The van der Waals surface area contributed by atoms with E-state index in [2.05, 4.69) is 4.98 Å². The molecule has 21 N–H and O–H groups in total. The van der Waals surface area contributed by atoms with Gasteiger partial charge in [-0.3, -0.25) is 19.2 Å². The Labute approximate surface area is 811 Å². The molecule has 28 atom stereocenters. The van der Waals surface area contributed by atoms with Gasteiger partial charge in [-0.1, -0.05) is 115 Å². The van der Waals surface area contributed by atoms with Gasteiger partial charge in [-0.2, -0.15) is 11.8 Å². The summed E-state index contributed by atoms with van der Waals surface area (Å²) in [4.78, 5) is 101. The number of nitrogens with one attached hydrogen (secondary N) is 1. The van der Waals surface area contributed by atoms with E-state index in [0.29, 0.717) is 46.8 Å². The van der Waals surface area contributed by atoms with E-state index >= 15 is 0 Å². The fraction of sp³-hybridized carbons (Fsp3) is 0.537. The van der Waals surface area contributed by atoms with Crippen molar-refractivity contribution < 1.29 is 207 Å². The molecule has 45 heteroatoms. The monoisotopic (exact) mass is 2010 g/mol. The summed E-state index contributed by atoms with van der Waals surface area (Å²) in [5.74, 6) is -8.23. The molecule has 0 radical (unpaired) electrons. The van der Waals surface area contributed by atoms with Crippen molar-refractivity contribution in [2.75, 3.05) is 64.0 Å². The summed E-state index contributed by atoms with van der Waals surface area (Å²) in [7, 11) is 0. The second-order valence-electron chi connectivity index (χ2n) is 33.0. The Balaban J connectivity index is 0.000000209. The van der Waals surface area contributed by atoms with Crippen LogP contribution in [0.5, 0.6) is 5.75 Å². The van der Waals surface area contributed by atoms with E-state index < -0.39 is 239 Å². The number of para-hydroxylation sites is 2. The van der Waals surface area contributed by atoms with Crippen LogP contribution in [-0.4, -0.2) is 366 Å². The van der Waals surface area contributed by atoms with Crippen molar-refractivity contribution >= 4 is 81.3 Å². The molecule has 0 spiro atoms. The number of thioether (sulfide) groups is 2. The zero-order chi connectivity index (χ0) is 102. The molecule has 2 aliphatic carbocycles. The number of benzene rings is 3. The highest BCUT2D eigenvalue weighted by Gasteiger charge is 2.52. The van der Waals surface area contributed by atoms with Crippen molar-refractivity contribution in [2.45, 2.75) is 233 Å². The summed E-state index contributed by atoms with van der Waals surface area (Å²) in [6.45, 7) is 4.35. The second kappa shape index (κ2) is 55.7. The molecule has 0 bridgehead atoms. The average molecular weight is 2020 g/mol. The Hall–Kier alpha value is -9.78. The minimum Gasteiger partial charge on any atom is -0.490 e. The van der Waals surface area contributed by atoms with Gasteiger partial charge in [0.25, 0.3) is 0 Å². The van der Waals surface area contributed by atoms with E-state index in [1.807, 2.05) is 73.0 Å². The zero-order valence-corrected chi connectivity index (χ0v) is 78.5. The maximum absolute atomic E-state index is 12.8. The molecule has 43 nitrogen and oxygen atoms in total. The van der Waals surface area contributed by atoms with Crippen LogP contribution in [-0.2, 0) is 113 Å². The first-order valence-electron chi connectivity index (χ1n) is 44.9. The van der Waals surface area contributed by atoms with Gasteiger partial charge in [-0.15, -0.1) is 0 Å². The fourth-order valence-corrected chi connectivity index (χ4v) is 17.8. The molecule has 772 valence electrons. The van der Waals surface area contributed by atoms with Gasteiger partial charge >= 0.3 is 41.8 Å². The molecule has 3 aromatic carbocycles. The lowest BCUT2D eigenvalue weighted by molar-refractivity contribution is -0.327. The van der Waals surface area contributed by atoms with E-state index in [0.717, 1.165) is 46.5 Å². The molecular formula is C95H123NO42S2. The van der Waals surface area contributed by atoms with E-state index in [4.69, 9.17) is 66.3 Å². The largest absolute Gasteiger partial charge is 0.490 e. The topological polar surface area (TPSA) is 686 Å². The van der Waals surface area contributed by atoms with Crippen LogP contribution in [0.3, 0.4) is 0 Å². The third kappa shape index (κ3) is 30.4. The number of rotatable bonds is 37. The number of aliphatic carboxylic acids is 4. The van der Waals surface area contributed by atoms with Crippen molar-refractivity contribution in [1.82, 2.24) is 4.98 Å². The number of hydrogen-bond acceptors (Lipinski definition) is 40. The second-order valence-corrected chi connectivity index (χ2v) is 35.2. The Morgan fingerprint density at radius 1 is 0.414 bits per heavy atom. The zero-order valence-electron chi connectivity index (χ0n) is 76.9. The lowest BCUT2D eigenvalue weighted by Gasteiger charge is -2.42. The molecule has 0 unspecified atom stereocenters. The van der Waals surface area contributed by atoms with Crippen LogP contribution in [0, 0.1) is 23.7 Å². The molecule has 4 saturated heterocycles. The number of aliphatic hydroxyl groups excluding tert-OH is 16. The summed E-state index contributed by atoms with van der Waals surface area (Å²) >= 11 is 2.74. The molecule has 8 aliphatic rings. The molecule has 4 aromatic rings. The van der Waals surface area contributed by atoms with E-state index in [-0.39, 0.29) is 97.9 Å². The summed E-state index contributed by atoms with van der Waals surface area (Å²) in [6.07, 6.45) is -19.9. The summed E-state index contributed by atoms with van der Waals surface area (Å²) in [6, 6.07) is 28.1. The number of allylic oxidation sites excluding steroid dienone is 4. The Kier molecular flexibility index (Phi) is 45.3. The number of carboxylic acids is 4. The quantitative estimate of drug-likeness (QED) is 0.0129. The van der Waals surface area contributed by atoms with E-state index in [1.165, 1.54) is 18.2 Å². The average Bonchev–Trinajstić information content (AvgIpc) is 1.64. The number of carbonyl (C=O) groups is 8. The highest BCUT2D eigenvalue weighted by molar-refractivity contribution is 8.13. The minimum atomic E-state index is -1.69. The Morgan fingerprint density at radius 3 is 1.18 bits per heavy atom. The van der Waals surface area contributed by atoms with Crippen molar-refractivity contribution in [3.63, 3.8) is 0 Å². The lowest BCUT2D eigenvalue weighted by Crippen LogP contribution is -2.60. The smallest absolute Gasteiger partial charge is 0.335 e. The first kappa shape index (κ1) is 114. The summed E-state index contributed by atoms with van der Waals surface area (Å²) < 4.78 is 76.7. The number of hydrogen-bond donors (Lipinski definition) is 21. The highest BCUT2D eigenvalue weighted by atomic mass is 32.2. The summed E-state index contributed by atoms with van der Waals surface area (Å²) in [5.41, 5.74) is 3.97. The highest BCUT2D eigenvalue weighted by Crippen LogP contribution is 2.43. The predicted octanol–water partition coefficient (Wildman–Crippen LogP) is 0.884. The van der Waals surface area contributed by atoms with Gasteiger partial charge in [0.05, 0.1) is 93.9 Å². The number of aliphatic hydroxyl groups is 16. The molecule has 7 heterocycles. The third-order valence-electron chi connectivity index (χ3n) is 24.0. The minimum absolute atomic E-state index is 0.0116. The van der Waals surface area contributed by atoms with Gasteiger partial charge in [0, 0.05) is 63.7 Å². The molecule has 4 fully saturated rings. The number of aromatic amines is 1. The molecular weight excluding hydrogens is 1890 g/mol. The van der Waals surface area contributed by atoms with E-state index in [9.17, 15) is 140 Å². The number of carboxylic acid groups (broad SMARTS) is 4. The molecule has 140 heavy (non-hydrogen) atoms. The van der Waals surface area contributed by atoms with Crippen molar-refractivity contribution in [3.05, 3.63) is 196 Å². The molecule has 0 saturated carbocycles. The number of H-pyrrole nitrogens is 1.